The van der Waals surface area contributed by atoms with Crippen molar-refractivity contribution < 1.29 is 23.8 Å². The van der Waals surface area contributed by atoms with E-state index in [0.717, 1.165) is 24.0 Å². The highest BCUT2D eigenvalue weighted by Gasteiger charge is 2.17. The second-order valence-electron chi connectivity index (χ2n) is 7.33. The van der Waals surface area contributed by atoms with Gasteiger partial charge in [0.05, 0.1) is 31.5 Å². The van der Waals surface area contributed by atoms with Crippen molar-refractivity contribution in [2.75, 3.05) is 21.3 Å². The van der Waals surface area contributed by atoms with Gasteiger partial charge in [-0.25, -0.2) is 0 Å². The number of nitrogens with zero attached hydrogens (tertiary/aromatic N) is 2. The molecule has 0 unspecified atom stereocenters. The summed E-state index contributed by atoms with van der Waals surface area (Å²) in [5.74, 6) is 0.322. The lowest BCUT2D eigenvalue weighted by Gasteiger charge is -2.15. The first-order valence-corrected chi connectivity index (χ1v) is 10.9. The van der Waals surface area contributed by atoms with Gasteiger partial charge < -0.3 is 18.8 Å². The number of thiazole rings is 1. The third-order valence-corrected chi connectivity index (χ3v) is 6.54. The summed E-state index contributed by atoms with van der Waals surface area (Å²) in [5.41, 5.74) is 3.80. The summed E-state index contributed by atoms with van der Waals surface area (Å²) in [4.78, 5) is 29.8. The lowest BCUT2D eigenvalue weighted by atomic mass is 9.90. The van der Waals surface area contributed by atoms with Gasteiger partial charge in [0.1, 0.15) is 6.54 Å². The molecule has 1 heterocycles. The highest BCUT2D eigenvalue weighted by Crippen LogP contribution is 2.33. The van der Waals surface area contributed by atoms with Crippen LogP contribution in [0, 0.1) is 0 Å². The number of fused-ring (bicyclic) bond motifs is 2. The van der Waals surface area contributed by atoms with E-state index in [1.807, 2.05) is 24.3 Å². The smallest absolute Gasteiger partial charge is 0.325 e. The average Bonchev–Trinajstić information content (AvgIpc) is 3.12. The van der Waals surface area contributed by atoms with E-state index in [2.05, 4.69) is 4.99 Å². The fourth-order valence-electron chi connectivity index (χ4n) is 3.85. The fourth-order valence-corrected chi connectivity index (χ4v) is 4.88. The molecular weight excluding hydrogens is 416 g/mol. The Labute approximate surface area is 183 Å². The molecule has 0 radical (unpaired) electrons. The zero-order chi connectivity index (χ0) is 22.0. The molecule has 0 bridgehead atoms. The maximum absolute atomic E-state index is 13.0. The topological polar surface area (TPSA) is 79.1 Å². The van der Waals surface area contributed by atoms with Gasteiger partial charge in [-0.15, -0.1) is 0 Å². The lowest BCUT2D eigenvalue weighted by molar-refractivity contribution is -0.141. The quantitative estimate of drug-likeness (QED) is 0.568. The molecule has 1 amide bonds. The summed E-state index contributed by atoms with van der Waals surface area (Å²) in [7, 11) is 4.44. The molecule has 0 atom stereocenters. The van der Waals surface area contributed by atoms with Gasteiger partial charge >= 0.3 is 5.97 Å². The van der Waals surface area contributed by atoms with Crippen LogP contribution in [0.15, 0.2) is 35.3 Å². The monoisotopic (exact) mass is 440 g/mol. The molecule has 3 aromatic rings. The van der Waals surface area contributed by atoms with Crippen molar-refractivity contribution in [3.05, 3.63) is 51.8 Å². The van der Waals surface area contributed by atoms with Crippen LogP contribution in [-0.4, -0.2) is 37.8 Å². The minimum Gasteiger partial charge on any atom is -0.493 e. The van der Waals surface area contributed by atoms with E-state index in [9.17, 15) is 9.59 Å². The standard InChI is InChI=1S/C23H24N2O5S/c1-28-18-11-17-20(12-19(18)29-2)31-23(25(17)13-21(26)30-3)24-22(27)16-9-8-14-6-4-5-7-15(14)10-16/h8-12H,4-7,13H2,1-3H3. The molecule has 1 aromatic heterocycles. The second kappa shape index (κ2) is 8.93. The summed E-state index contributed by atoms with van der Waals surface area (Å²) < 4.78 is 18.1. The minimum atomic E-state index is -0.433. The number of carbonyl (C=O) groups excluding carboxylic acids is 2. The van der Waals surface area contributed by atoms with Crippen LogP contribution >= 0.6 is 11.3 Å². The Morgan fingerprint density at radius 1 is 1.00 bits per heavy atom. The number of aryl methyl sites for hydroxylation is 2. The molecule has 0 aliphatic heterocycles. The summed E-state index contributed by atoms with van der Waals surface area (Å²) in [5, 5.41) is 0. The molecule has 0 saturated carbocycles. The third kappa shape index (κ3) is 4.20. The number of methoxy groups -OCH3 is 3. The minimum absolute atomic E-state index is 0.0672. The summed E-state index contributed by atoms with van der Waals surface area (Å²) in [6, 6.07) is 9.40. The highest BCUT2D eigenvalue weighted by molar-refractivity contribution is 7.16. The molecule has 31 heavy (non-hydrogen) atoms. The van der Waals surface area contributed by atoms with Gasteiger partial charge in [-0.05, 0) is 48.9 Å². The van der Waals surface area contributed by atoms with Gasteiger partial charge in [0.25, 0.3) is 5.91 Å². The number of ether oxygens (including phenoxy) is 3. The van der Waals surface area contributed by atoms with Crippen LogP contribution in [0.3, 0.4) is 0 Å². The van der Waals surface area contributed by atoms with Gasteiger partial charge in [0.15, 0.2) is 16.3 Å². The Kier molecular flexibility index (Phi) is 6.08. The molecule has 0 saturated heterocycles. The van der Waals surface area contributed by atoms with Gasteiger partial charge in [-0.2, -0.15) is 4.99 Å². The van der Waals surface area contributed by atoms with Crippen LogP contribution in [0.2, 0.25) is 0 Å². The van der Waals surface area contributed by atoms with Gasteiger partial charge in [-0.3, -0.25) is 9.59 Å². The van der Waals surface area contributed by atoms with E-state index < -0.39 is 5.97 Å². The van der Waals surface area contributed by atoms with E-state index in [1.54, 1.807) is 24.9 Å². The van der Waals surface area contributed by atoms with Gasteiger partial charge in [0.2, 0.25) is 0 Å². The van der Waals surface area contributed by atoms with E-state index in [4.69, 9.17) is 14.2 Å². The molecule has 7 nitrogen and oxygen atoms in total. The maximum atomic E-state index is 13.0. The Morgan fingerprint density at radius 3 is 2.42 bits per heavy atom. The Balaban J connectivity index is 1.82. The number of hydrogen-bond donors (Lipinski definition) is 0. The molecule has 4 rings (SSSR count). The summed E-state index contributed by atoms with van der Waals surface area (Å²) in [6.45, 7) is -0.0672. The van der Waals surface area contributed by atoms with Crippen LogP contribution in [0.25, 0.3) is 10.2 Å². The number of hydrogen-bond acceptors (Lipinski definition) is 6. The summed E-state index contributed by atoms with van der Waals surface area (Å²) in [6.07, 6.45) is 4.37. The molecule has 8 heteroatoms. The third-order valence-electron chi connectivity index (χ3n) is 5.50. The van der Waals surface area contributed by atoms with Crippen molar-refractivity contribution in [1.82, 2.24) is 4.57 Å². The van der Waals surface area contributed by atoms with Crippen LogP contribution in [0.4, 0.5) is 0 Å². The van der Waals surface area contributed by atoms with E-state index in [1.165, 1.54) is 36.0 Å². The van der Waals surface area contributed by atoms with E-state index in [-0.39, 0.29) is 12.5 Å². The van der Waals surface area contributed by atoms with Crippen LogP contribution in [0.1, 0.15) is 34.3 Å². The second-order valence-corrected chi connectivity index (χ2v) is 8.34. The van der Waals surface area contributed by atoms with Crippen LogP contribution in [0.5, 0.6) is 11.5 Å². The van der Waals surface area contributed by atoms with E-state index >= 15 is 0 Å². The summed E-state index contributed by atoms with van der Waals surface area (Å²) >= 11 is 1.31. The predicted molar refractivity (Wildman–Crippen MR) is 118 cm³/mol. The van der Waals surface area contributed by atoms with Crippen molar-refractivity contribution >= 4 is 33.4 Å². The number of rotatable bonds is 5. The van der Waals surface area contributed by atoms with Crippen molar-refractivity contribution in [2.24, 2.45) is 4.99 Å². The predicted octanol–water partition coefficient (Wildman–Crippen LogP) is 3.51. The molecule has 1 aliphatic carbocycles. The van der Waals surface area contributed by atoms with E-state index in [0.29, 0.717) is 27.4 Å². The molecule has 1 aliphatic rings. The van der Waals surface area contributed by atoms with Crippen LogP contribution < -0.4 is 14.3 Å². The zero-order valence-corrected chi connectivity index (χ0v) is 18.6. The van der Waals surface area contributed by atoms with Crippen molar-refractivity contribution in [1.29, 1.82) is 0 Å². The zero-order valence-electron chi connectivity index (χ0n) is 17.8. The Morgan fingerprint density at radius 2 is 1.71 bits per heavy atom. The largest absolute Gasteiger partial charge is 0.493 e. The normalized spacial score (nSPS) is 13.7. The first kappa shape index (κ1) is 21.1. The molecular formula is C23H24N2O5S. The van der Waals surface area contributed by atoms with Crippen molar-refractivity contribution in [3.8, 4) is 11.5 Å². The molecule has 0 spiro atoms. The first-order chi connectivity index (χ1) is 15.0. The lowest BCUT2D eigenvalue weighted by Crippen LogP contribution is -2.22. The number of aromatic nitrogens is 1. The molecule has 0 fully saturated rings. The van der Waals surface area contributed by atoms with Gasteiger partial charge in [-0.1, -0.05) is 17.4 Å². The maximum Gasteiger partial charge on any atom is 0.325 e. The van der Waals surface area contributed by atoms with Crippen LogP contribution in [-0.2, 0) is 28.9 Å². The molecule has 2 aromatic carbocycles. The fraction of sp³-hybridized carbons (Fsp3) is 0.348. The first-order valence-electron chi connectivity index (χ1n) is 10.1. The van der Waals surface area contributed by atoms with Crippen molar-refractivity contribution in [2.45, 2.75) is 32.2 Å². The SMILES string of the molecule is COC(=O)Cn1c(=NC(=O)c2ccc3c(c2)CCCC3)sc2cc(OC)c(OC)cc21. The molecule has 0 N–H and O–H groups in total. The number of benzene rings is 2. The number of carbonyl (C=O) groups is 2. The molecule has 162 valence electrons. The number of amides is 1. The highest BCUT2D eigenvalue weighted by atomic mass is 32.1. The van der Waals surface area contributed by atoms with Gasteiger partial charge in [0, 0.05) is 17.7 Å². The average molecular weight is 441 g/mol. The Hall–Kier alpha value is -3.13. The van der Waals surface area contributed by atoms with Crippen molar-refractivity contribution in [3.63, 3.8) is 0 Å². The number of esters is 1. The Bertz CT molecular complexity index is 1220.